The number of benzene rings is 1. The van der Waals surface area contributed by atoms with E-state index in [1.54, 1.807) is 0 Å². The van der Waals surface area contributed by atoms with Crippen LogP contribution in [0.5, 0.6) is 0 Å². The molecule has 0 bridgehead atoms. The van der Waals surface area contributed by atoms with Crippen molar-refractivity contribution in [3.8, 4) is 0 Å². The van der Waals surface area contributed by atoms with Crippen LogP contribution in [0.25, 0.3) is 0 Å². The molecule has 1 rings (SSSR count). The van der Waals surface area contributed by atoms with Crippen LogP contribution in [0.15, 0.2) is 18.2 Å². The van der Waals surface area contributed by atoms with Crippen LogP contribution < -0.4 is 0 Å². The highest BCUT2D eigenvalue weighted by atomic mass is 19.1. The van der Waals surface area contributed by atoms with E-state index in [0.717, 1.165) is 12.1 Å². The van der Waals surface area contributed by atoms with Crippen molar-refractivity contribution in [2.45, 2.75) is 6.61 Å². The van der Waals surface area contributed by atoms with E-state index < -0.39 is 11.6 Å². The molecular weight excluding hydrogens is 166 g/mol. The lowest BCUT2D eigenvalue weighted by atomic mass is 10.2. The number of ether oxygens (including phenoxy) is 1. The topological polar surface area (TPSA) is 26.3 Å². The van der Waals surface area contributed by atoms with Gasteiger partial charge >= 0.3 is 0 Å². The van der Waals surface area contributed by atoms with E-state index in [1.165, 1.54) is 6.07 Å². The molecule has 0 fully saturated rings. The summed E-state index contributed by atoms with van der Waals surface area (Å²) in [4.78, 5) is 9.74. The average molecular weight is 172 g/mol. The van der Waals surface area contributed by atoms with Gasteiger partial charge in [-0.1, -0.05) is 0 Å². The van der Waals surface area contributed by atoms with Gasteiger partial charge in [0.05, 0.1) is 0 Å². The Balaban J connectivity index is 2.78. The van der Waals surface area contributed by atoms with E-state index >= 15 is 0 Å². The van der Waals surface area contributed by atoms with E-state index in [-0.39, 0.29) is 18.6 Å². The van der Waals surface area contributed by atoms with Gasteiger partial charge in [0, 0.05) is 11.6 Å². The molecule has 0 aromatic heterocycles. The molecule has 1 aromatic carbocycles. The summed E-state index contributed by atoms with van der Waals surface area (Å²) in [7, 11) is 0. The fraction of sp³-hybridized carbons (Fsp3) is 0.125. The van der Waals surface area contributed by atoms with Crippen LogP contribution in [-0.2, 0) is 16.1 Å². The van der Waals surface area contributed by atoms with Crippen LogP contribution in [0.1, 0.15) is 5.56 Å². The van der Waals surface area contributed by atoms with Gasteiger partial charge in [-0.05, 0) is 12.1 Å². The van der Waals surface area contributed by atoms with E-state index in [9.17, 15) is 13.6 Å². The largest absolute Gasteiger partial charge is 0.463 e. The lowest BCUT2D eigenvalue weighted by Crippen LogP contribution is -1.94. The van der Waals surface area contributed by atoms with Crippen molar-refractivity contribution in [3.63, 3.8) is 0 Å². The number of carbonyl (C=O) groups excluding carboxylic acids is 1. The molecule has 0 atom stereocenters. The minimum atomic E-state index is -0.711. The molecule has 0 aliphatic rings. The Labute approximate surface area is 67.8 Å². The second-order valence-corrected chi connectivity index (χ2v) is 2.14. The van der Waals surface area contributed by atoms with Crippen LogP contribution >= 0.6 is 0 Å². The molecule has 0 aliphatic carbocycles. The van der Waals surface area contributed by atoms with Gasteiger partial charge in [0.15, 0.2) is 0 Å². The van der Waals surface area contributed by atoms with Gasteiger partial charge in [-0.25, -0.2) is 8.78 Å². The standard InChI is InChI=1S/C8H6F2O2/c9-7-2-1-6(4-12-5-11)8(10)3-7/h1-3,5H,4H2. The quantitative estimate of drug-likeness (QED) is 0.648. The van der Waals surface area contributed by atoms with Crippen molar-refractivity contribution in [2.75, 3.05) is 0 Å². The molecule has 2 nitrogen and oxygen atoms in total. The van der Waals surface area contributed by atoms with Crippen molar-refractivity contribution >= 4 is 6.47 Å². The zero-order chi connectivity index (χ0) is 8.97. The third-order valence-corrected chi connectivity index (χ3v) is 1.32. The maximum absolute atomic E-state index is 12.7. The summed E-state index contributed by atoms with van der Waals surface area (Å²) in [6, 6.07) is 3.07. The summed E-state index contributed by atoms with van der Waals surface area (Å²) in [6.45, 7) is 0.0401. The number of halogens is 2. The number of hydrogen-bond donors (Lipinski definition) is 0. The summed E-state index contributed by atoms with van der Waals surface area (Å²) >= 11 is 0. The number of hydrogen-bond acceptors (Lipinski definition) is 2. The van der Waals surface area contributed by atoms with Crippen LogP contribution in [0.4, 0.5) is 8.78 Å². The average Bonchev–Trinajstić information content (AvgIpc) is 2.03. The first-order valence-electron chi connectivity index (χ1n) is 3.23. The molecule has 0 unspecified atom stereocenters. The Bertz CT molecular complexity index is 286. The second kappa shape index (κ2) is 3.80. The normalized spacial score (nSPS) is 9.50. The van der Waals surface area contributed by atoms with Crippen molar-refractivity contribution in [1.82, 2.24) is 0 Å². The maximum atomic E-state index is 12.7. The zero-order valence-corrected chi connectivity index (χ0v) is 6.09. The van der Waals surface area contributed by atoms with E-state index in [1.807, 2.05) is 0 Å². The van der Waals surface area contributed by atoms with Crippen molar-refractivity contribution in [2.24, 2.45) is 0 Å². The first kappa shape index (κ1) is 8.64. The Morgan fingerprint density at radius 2 is 2.17 bits per heavy atom. The highest BCUT2D eigenvalue weighted by Crippen LogP contribution is 2.09. The molecule has 0 heterocycles. The van der Waals surface area contributed by atoms with Crippen molar-refractivity contribution in [1.29, 1.82) is 0 Å². The summed E-state index contributed by atoms with van der Waals surface area (Å²) in [5, 5.41) is 0. The van der Waals surface area contributed by atoms with Crippen LogP contribution in [-0.4, -0.2) is 6.47 Å². The van der Waals surface area contributed by atoms with Gasteiger partial charge in [-0.2, -0.15) is 0 Å². The molecule has 0 aliphatic heterocycles. The minimum Gasteiger partial charge on any atom is -0.463 e. The Hall–Kier alpha value is -1.45. The highest BCUT2D eigenvalue weighted by molar-refractivity contribution is 5.37. The van der Waals surface area contributed by atoms with Gasteiger partial charge < -0.3 is 4.74 Å². The summed E-state index contributed by atoms with van der Waals surface area (Å²) in [6.07, 6.45) is 0. The Kier molecular flexibility index (Phi) is 2.74. The van der Waals surface area contributed by atoms with Gasteiger partial charge in [0.1, 0.15) is 18.2 Å². The number of rotatable bonds is 3. The molecule has 4 heteroatoms. The smallest absolute Gasteiger partial charge is 0.293 e. The Morgan fingerprint density at radius 3 is 2.75 bits per heavy atom. The second-order valence-electron chi connectivity index (χ2n) is 2.14. The van der Waals surface area contributed by atoms with Gasteiger partial charge in [0.2, 0.25) is 0 Å². The molecular formula is C8H6F2O2. The minimum absolute atomic E-state index is 0.156. The molecule has 0 spiro atoms. The summed E-state index contributed by atoms with van der Waals surface area (Å²) in [5.74, 6) is -1.36. The first-order valence-corrected chi connectivity index (χ1v) is 3.23. The molecule has 0 amide bonds. The predicted octanol–water partition coefficient (Wildman–Crippen LogP) is 1.64. The fourth-order valence-electron chi connectivity index (χ4n) is 0.763. The van der Waals surface area contributed by atoms with Crippen LogP contribution in [0.3, 0.4) is 0 Å². The fourth-order valence-corrected chi connectivity index (χ4v) is 0.763. The number of carbonyl (C=O) groups is 1. The van der Waals surface area contributed by atoms with E-state index in [4.69, 9.17) is 0 Å². The lowest BCUT2D eigenvalue weighted by Gasteiger charge is -2.00. The maximum Gasteiger partial charge on any atom is 0.293 e. The van der Waals surface area contributed by atoms with Crippen molar-refractivity contribution in [3.05, 3.63) is 35.4 Å². The molecule has 64 valence electrons. The molecule has 0 radical (unpaired) electrons. The summed E-state index contributed by atoms with van der Waals surface area (Å²) in [5.41, 5.74) is 0.156. The van der Waals surface area contributed by atoms with Gasteiger partial charge in [-0.3, -0.25) is 4.79 Å². The third kappa shape index (κ3) is 2.02. The molecule has 1 aromatic rings. The van der Waals surface area contributed by atoms with Crippen LogP contribution in [0, 0.1) is 11.6 Å². The van der Waals surface area contributed by atoms with E-state index in [0.29, 0.717) is 0 Å². The Morgan fingerprint density at radius 1 is 1.42 bits per heavy atom. The van der Waals surface area contributed by atoms with Gasteiger partial charge in [-0.15, -0.1) is 0 Å². The molecule has 0 saturated carbocycles. The first-order chi connectivity index (χ1) is 5.74. The lowest BCUT2D eigenvalue weighted by molar-refractivity contribution is -0.129. The highest BCUT2D eigenvalue weighted by Gasteiger charge is 2.02. The monoisotopic (exact) mass is 172 g/mol. The molecule has 12 heavy (non-hydrogen) atoms. The van der Waals surface area contributed by atoms with Crippen molar-refractivity contribution < 1.29 is 18.3 Å². The SMILES string of the molecule is O=COCc1ccc(F)cc1F. The zero-order valence-electron chi connectivity index (χ0n) is 6.09. The molecule has 0 saturated heterocycles. The molecule has 0 N–H and O–H groups in total. The van der Waals surface area contributed by atoms with Crippen LogP contribution in [0.2, 0.25) is 0 Å². The summed E-state index contributed by atoms with van der Waals surface area (Å²) < 4.78 is 29.4. The third-order valence-electron chi connectivity index (χ3n) is 1.32. The van der Waals surface area contributed by atoms with Gasteiger partial charge in [0.25, 0.3) is 6.47 Å². The predicted molar refractivity (Wildman–Crippen MR) is 37.2 cm³/mol. The van der Waals surface area contributed by atoms with E-state index in [2.05, 4.69) is 4.74 Å².